The highest BCUT2D eigenvalue weighted by atomic mass is 15.2. The third-order valence-corrected chi connectivity index (χ3v) is 14.4. The third kappa shape index (κ3) is 5.57. The molecule has 4 aliphatic heterocycles. The normalized spacial score (nSPS) is 14.6. The fourth-order valence-corrected chi connectivity index (χ4v) is 11.4. The van der Waals surface area contributed by atoms with E-state index in [-0.39, 0.29) is 35.1 Å². The fraction of sp³-hybridized carbons (Fsp3) is 0.276. The first kappa shape index (κ1) is 39.1. The average molecular weight is 805 g/mol. The number of hydrogen-bond donors (Lipinski definition) is 0. The predicted molar refractivity (Wildman–Crippen MR) is 271 cm³/mol. The summed E-state index contributed by atoms with van der Waals surface area (Å²) in [6.07, 6.45) is 0. The average Bonchev–Trinajstić information content (AvgIpc) is 3.74. The molecule has 11 rings (SSSR count). The summed E-state index contributed by atoms with van der Waals surface area (Å²) in [6.45, 7) is 28.5. The predicted octanol–water partition coefficient (Wildman–Crippen LogP) is 11.4. The van der Waals surface area contributed by atoms with E-state index in [2.05, 4.69) is 226 Å². The molecule has 0 unspecified atom stereocenters. The minimum Gasteiger partial charge on any atom is -0.312 e. The maximum atomic E-state index is 2.70. The number of fused-ring (bicyclic) bond motifs is 10. The molecule has 306 valence electrons. The molecule has 7 aromatic rings. The lowest BCUT2D eigenvalue weighted by atomic mass is 9.33. The topological polar surface area (TPSA) is 6.48 Å². The van der Waals surface area contributed by atoms with Crippen molar-refractivity contribution in [3.8, 4) is 22.3 Å². The zero-order valence-corrected chi connectivity index (χ0v) is 38.8. The van der Waals surface area contributed by atoms with Crippen molar-refractivity contribution in [2.45, 2.75) is 105 Å². The van der Waals surface area contributed by atoms with Crippen LogP contribution in [0.15, 0.2) is 133 Å². The van der Waals surface area contributed by atoms with Gasteiger partial charge in [-0.1, -0.05) is 185 Å². The van der Waals surface area contributed by atoms with Crippen LogP contribution in [0.2, 0.25) is 0 Å². The third-order valence-electron chi connectivity index (χ3n) is 14.4. The number of rotatable bonds is 2. The van der Waals surface area contributed by atoms with Crippen LogP contribution in [0.5, 0.6) is 0 Å². The molecule has 4 heterocycles. The summed E-state index contributed by atoms with van der Waals surface area (Å²) >= 11 is 0. The van der Waals surface area contributed by atoms with E-state index < -0.39 is 0 Å². The van der Waals surface area contributed by atoms with Gasteiger partial charge in [0.05, 0.1) is 0 Å². The van der Waals surface area contributed by atoms with Crippen LogP contribution in [0.25, 0.3) is 22.3 Å². The van der Waals surface area contributed by atoms with E-state index in [1.165, 1.54) is 111 Å². The van der Waals surface area contributed by atoms with Crippen LogP contribution in [-0.4, -0.2) is 13.4 Å². The summed E-state index contributed by atoms with van der Waals surface area (Å²) in [4.78, 5) is 5.32. The van der Waals surface area contributed by atoms with Crippen LogP contribution in [0.1, 0.15) is 105 Å². The Morgan fingerprint density at radius 3 is 1.39 bits per heavy atom. The van der Waals surface area contributed by atoms with Crippen molar-refractivity contribution in [2.24, 2.45) is 0 Å². The lowest BCUT2D eigenvalue weighted by Crippen LogP contribution is -2.61. The molecule has 0 aliphatic carbocycles. The SMILES string of the molecule is CC(C)(C)c1ccc(N2c3cccc4c3B(c3ccccc3-4)c3c2cc2c(c3C(C)(C)C)N(c3ccc(C(C)(C)C)cc3)c3cc(C(C)(C)C)cc4c3B2c2ccccc2-4)cc1. The summed E-state index contributed by atoms with van der Waals surface area (Å²) in [5.41, 5.74) is 26.9. The van der Waals surface area contributed by atoms with E-state index in [1.54, 1.807) is 0 Å². The van der Waals surface area contributed by atoms with Gasteiger partial charge in [0.15, 0.2) is 0 Å². The quantitative estimate of drug-likeness (QED) is 0.161. The first-order valence-corrected chi connectivity index (χ1v) is 22.8. The molecule has 2 nitrogen and oxygen atoms in total. The van der Waals surface area contributed by atoms with Crippen molar-refractivity contribution in [1.29, 1.82) is 0 Å². The van der Waals surface area contributed by atoms with E-state index in [1.807, 2.05) is 0 Å². The molecule has 4 heteroatoms. The standard InChI is InChI=1S/C58H58B2N2/c1-55(2,3)35-24-28-38(29-25-35)61-47-23-17-20-42-40-18-13-16-22-45(40)60(51(42)47)53-49(61)34-46-54(50(53)58(10,11)12)62(39-30-26-36(27-31-39)56(4,5)6)48-33-37(57(7,8)9)32-43-41-19-14-15-21-44(41)59(46)52(43)48/h13-34H,1-12H3. The second-order valence-corrected chi connectivity index (χ2v) is 22.6. The molecule has 0 bridgehead atoms. The van der Waals surface area contributed by atoms with Gasteiger partial charge in [0, 0.05) is 34.1 Å². The highest BCUT2D eigenvalue weighted by Gasteiger charge is 2.50. The monoisotopic (exact) mass is 804 g/mol. The van der Waals surface area contributed by atoms with E-state index in [9.17, 15) is 0 Å². The van der Waals surface area contributed by atoms with Gasteiger partial charge in [-0.05, 0) is 130 Å². The van der Waals surface area contributed by atoms with Crippen molar-refractivity contribution >= 4 is 80.3 Å². The van der Waals surface area contributed by atoms with Crippen LogP contribution in [0, 0.1) is 0 Å². The molecule has 0 atom stereocenters. The largest absolute Gasteiger partial charge is 0.312 e. The molecular formula is C58H58B2N2. The summed E-state index contributed by atoms with van der Waals surface area (Å²) < 4.78 is 0. The molecule has 0 radical (unpaired) electrons. The lowest BCUT2D eigenvalue weighted by molar-refractivity contribution is 0.589. The van der Waals surface area contributed by atoms with E-state index in [4.69, 9.17) is 0 Å². The maximum absolute atomic E-state index is 2.70. The van der Waals surface area contributed by atoms with Gasteiger partial charge < -0.3 is 9.80 Å². The van der Waals surface area contributed by atoms with Gasteiger partial charge in [0.1, 0.15) is 0 Å². The second-order valence-electron chi connectivity index (χ2n) is 22.6. The van der Waals surface area contributed by atoms with Gasteiger partial charge in [-0.2, -0.15) is 0 Å². The summed E-state index contributed by atoms with van der Waals surface area (Å²) in [7, 11) is 0. The molecule has 0 saturated carbocycles. The minimum atomic E-state index is -0.231. The van der Waals surface area contributed by atoms with Crippen LogP contribution >= 0.6 is 0 Å². The Labute approximate surface area is 371 Å². The molecule has 62 heavy (non-hydrogen) atoms. The molecular weight excluding hydrogens is 746 g/mol. The minimum absolute atomic E-state index is 0.0416. The number of hydrogen-bond acceptors (Lipinski definition) is 2. The Morgan fingerprint density at radius 1 is 0.339 bits per heavy atom. The molecule has 7 aromatic carbocycles. The fourth-order valence-electron chi connectivity index (χ4n) is 11.4. The summed E-state index contributed by atoms with van der Waals surface area (Å²) in [5.74, 6) is 0. The van der Waals surface area contributed by atoms with Gasteiger partial charge >= 0.3 is 0 Å². The maximum Gasteiger partial charge on any atom is 0.248 e. The van der Waals surface area contributed by atoms with Crippen LogP contribution in [0.4, 0.5) is 34.1 Å². The Hall–Kier alpha value is -5.73. The molecule has 0 N–H and O–H groups in total. The van der Waals surface area contributed by atoms with Crippen molar-refractivity contribution in [2.75, 3.05) is 9.80 Å². The highest BCUT2D eigenvalue weighted by molar-refractivity contribution is 7.03. The van der Waals surface area contributed by atoms with Crippen molar-refractivity contribution in [3.05, 3.63) is 156 Å². The summed E-state index contributed by atoms with van der Waals surface area (Å²) in [5, 5.41) is 0. The Balaban J connectivity index is 1.31. The van der Waals surface area contributed by atoms with Gasteiger partial charge in [0.25, 0.3) is 0 Å². The Bertz CT molecular complexity index is 3000. The Morgan fingerprint density at radius 2 is 0.823 bits per heavy atom. The van der Waals surface area contributed by atoms with Gasteiger partial charge in [-0.15, -0.1) is 0 Å². The van der Waals surface area contributed by atoms with Crippen LogP contribution in [-0.2, 0) is 21.7 Å². The second kappa shape index (κ2) is 12.9. The van der Waals surface area contributed by atoms with E-state index >= 15 is 0 Å². The first-order valence-electron chi connectivity index (χ1n) is 22.8. The van der Waals surface area contributed by atoms with Crippen LogP contribution < -0.4 is 42.6 Å². The van der Waals surface area contributed by atoms with Gasteiger partial charge in [-0.25, -0.2) is 0 Å². The van der Waals surface area contributed by atoms with Crippen LogP contribution in [0.3, 0.4) is 0 Å². The first-order chi connectivity index (χ1) is 29.3. The Kier molecular flexibility index (Phi) is 8.15. The molecule has 0 spiro atoms. The van der Waals surface area contributed by atoms with Crippen molar-refractivity contribution in [3.63, 3.8) is 0 Å². The number of anilines is 6. The number of benzene rings is 7. The van der Waals surface area contributed by atoms with Gasteiger partial charge in [-0.3, -0.25) is 0 Å². The van der Waals surface area contributed by atoms with E-state index in [0.29, 0.717) is 0 Å². The molecule has 4 aliphatic rings. The summed E-state index contributed by atoms with van der Waals surface area (Å²) in [6, 6.07) is 52.2. The number of nitrogens with zero attached hydrogens (tertiary/aromatic N) is 2. The lowest BCUT2D eigenvalue weighted by Gasteiger charge is -2.45. The van der Waals surface area contributed by atoms with E-state index in [0.717, 1.165) is 0 Å². The molecule has 0 aromatic heterocycles. The van der Waals surface area contributed by atoms with Gasteiger partial charge in [0.2, 0.25) is 13.4 Å². The van der Waals surface area contributed by atoms with Crippen molar-refractivity contribution < 1.29 is 0 Å². The molecule has 0 saturated heterocycles. The zero-order valence-electron chi connectivity index (χ0n) is 38.8. The smallest absolute Gasteiger partial charge is 0.248 e. The molecule has 0 fully saturated rings. The zero-order chi connectivity index (χ0) is 43.4. The van der Waals surface area contributed by atoms with Crippen molar-refractivity contribution in [1.82, 2.24) is 0 Å². The molecule has 0 amide bonds. The highest BCUT2D eigenvalue weighted by Crippen LogP contribution is 2.50.